The number of aliphatic hydroxyl groups is 1. The van der Waals surface area contributed by atoms with Gasteiger partial charge in [-0.05, 0) is 18.9 Å². The van der Waals surface area contributed by atoms with Gasteiger partial charge in [0.25, 0.3) is 0 Å². The van der Waals surface area contributed by atoms with Gasteiger partial charge in [0.1, 0.15) is 17.8 Å². The summed E-state index contributed by atoms with van der Waals surface area (Å²) >= 11 is 0. The lowest BCUT2D eigenvalue weighted by atomic mass is 10.1. The van der Waals surface area contributed by atoms with Gasteiger partial charge in [-0.2, -0.15) is 0 Å². The van der Waals surface area contributed by atoms with Gasteiger partial charge in [0.15, 0.2) is 0 Å². The summed E-state index contributed by atoms with van der Waals surface area (Å²) in [5, 5.41) is 13.5. The van der Waals surface area contributed by atoms with Gasteiger partial charge in [-0.15, -0.1) is 0 Å². The Kier molecular flexibility index (Phi) is 3.28. The number of hydrogen-bond acceptors (Lipinski definition) is 4. The first-order chi connectivity index (χ1) is 8.11. The topological polar surface area (TPSA) is 73.8 Å². The van der Waals surface area contributed by atoms with Gasteiger partial charge in [-0.25, -0.2) is 9.97 Å². The molecule has 2 rings (SSSR count). The lowest BCUT2D eigenvalue weighted by Gasteiger charge is -2.20. The van der Waals surface area contributed by atoms with E-state index in [1.807, 2.05) is 13.0 Å². The Bertz CT molecular complexity index is 506. The van der Waals surface area contributed by atoms with E-state index in [-0.39, 0.29) is 12.6 Å². The van der Waals surface area contributed by atoms with Crippen LogP contribution < -0.4 is 5.32 Å². The molecule has 2 aromatic rings. The summed E-state index contributed by atoms with van der Waals surface area (Å²) in [6.07, 6.45) is 1.52. The van der Waals surface area contributed by atoms with Gasteiger partial charge in [-0.1, -0.05) is 13.8 Å². The molecule has 0 saturated carbocycles. The molecule has 2 aromatic heterocycles. The molecule has 0 fully saturated rings. The summed E-state index contributed by atoms with van der Waals surface area (Å²) in [5.74, 6) is 1.11. The van der Waals surface area contributed by atoms with Crippen molar-refractivity contribution in [3.05, 3.63) is 18.1 Å². The maximum atomic E-state index is 9.32. The van der Waals surface area contributed by atoms with Crippen LogP contribution in [-0.4, -0.2) is 32.7 Å². The molecule has 0 amide bonds. The summed E-state index contributed by atoms with van der Waals surface area (Å²) in [7, 11) is 0. The first-order valence-electron chi connectivity index (χ1n) is 5.79. The van der Waals surface area contributed by atoms with Crippen molar-refractivity contribution in [2.45, 2.75) is 26.8 Å². The van der Waals surface area contributed by atoms with Crippen LogP contribution in [0.25, 0.3) is 11.0 Å². The lowest BCUT2D eigenvalue weighted by Crippen LogP contribution is -2.29. The SMILES string of the molecule is Cc1cc2c(N[C@@H](CO)C(C)C)ncnc2[nH]1. The van der Waals surface area contributed by atoms with Crippen LogP contribution in [0, 0.1) is 12.8 Å². The fourth-order valence-corrected chi connectivity index (χ4v) is 1.79. The highest BCUT2D eigenvalue weighted by atomic mass is 16.3. The fraction of sp³-hybridized carbons (Fsp3) is 0.500. The summed E-state index contributed by atoms with van der Waals surface area (Å²) in [6.45, 7) is 6.20. The van der Waals surface area contributed by atoms with Crippen molar-refractivity contribution in [3.63, 3.8) is 0 Å². The number of nitrogens with zero attached hydrogens (tertiary/aromatic N) is 2. The molecule has 5 heteroatoms. The summed E-state index contributed by atoms with van der Waals surface area (Å²) in [5.41, 5.74) is 1.87. The Hall–Kier alpha value is -1.62. The van der Waals surface area contributed by atoms with Crippen molar-refractivity contribution in [3.8, 4) is 0 Å². The van der Waals surface area contributed by atoms with E-state index in [0.29, 0.717) is 5.92 Å². The van der Waals surface area contributed by atoms with E-state index in [9.17, 15) is 5.11 Å². The molecule has 2 heterocycles. The molecule has 92 valence electrons. The number of H-pyrrole nitrogens is 1. The van der Waals surface area contributed by atoms with Gasteiger partial charge >= 0.3 is 0 Å². The molecule has 3 N–H and O–H groups in total. The number of aryl methyl sites for hydroxylation is 1. The highest BCUT2D eigenvalue weighted by Gasteiger charge is 2.14. The maximum Gasteiger partial charge on any atom is 0.143 e. The van der Waals surface area contributed by atoms with Crippen LogP contribution in [0.15, 0.2) is 12.4 Å². The van der Waals surface area contributed by atoms with Crippen molar-refractivity contribution in [1.82, 2.24) is 15.0 Å². The molecule has 0 saturated heterocycles. The zero-order valence-electron chi connectivity index (χ0n) is 10.4. The molecule has 5 nitrogen and oxygen atoms in total. The van der Waals surface area contributed by atoms with Crippen LogP contribution >= 0.6 is 0 Å². The van der Waals surface area contributed by atoms with Crippen LogP contribution in [0.5, 0.6) is 0 Å². The highest BCUT2D eigenvalue weighted by molar-refractivity contribution is 5.87. The smallest absolute Gasteiger partial charge is 0.143 e. The van der Waals surface area contributed by atoms with Gasteiger partial charge in [0, 0.05) is 5.69 Å². The number of rotatable bonds is 4. The molecular weight excluding hydrogens is 216 g/mol. The summed E-state index contributed by atoms with van der Waals surface area (Å²) in [6, 6.07) is 2.01. The van der Waals surface area contributed by atoms with Crippen molar-refractivity contribution < 1.29 is 5.11 Å². The summed E-state index contributed by atoms with van der Waals surface area (Å²) < 4.78 is 0. The fourth-order valence-electron chi connectivity index (χ4n) is 1.79. The predicted molar refractivity (Wildman–Crippen MR) is 68.0 cm³/mol. The number of hydrogen-bond donors (Lipinski definition) is 3. The number of aromatic amines is 1. The first-order valence-corrected chi connectivity index (χ1v) is 5.79. The van der Waals surface area contributed by atoms with Crippen LogP contribution in [0.2, 0.25) is 0 Å². The van der Waals surface area contributed by atoms with Crippen molar-refractivity contribution in [2.24, 2.45) is 5.92 Å². The highest BCUT2D eigenvalue weighted by Crippen LogP contribution is 2.21. The van der Waals surface area contributed by atoms with E-state index in [4.69, 9.17) is 0 Å². The average molecular weight is 234 g/mol. The monoisotopic (exact) mass is 234 g/mol. The quantitative estimate of drug-likeness (QED) is 0.752. The van der Waals surface area contributed by atoms with Gasteiger partial charge < -0.3 is 15.4 Å². The summed E-state index contributed by atoms with van der Waals surface area (Å²) in [4.78, 5) is 11.6. The van der Waals surface area contributed by atoms with Gasteiger partial charge in [0.2, 0.25) is 0 Å². The Morgan fingerprint density at radius 3 is 2.82 bits per heavy atom. The number of nitrogens with one attached hydrogen (secondary N) is 2. The Morgan fingerprint density at radius 1 is 1.41 bits per heavy atom. The normalized spacial score (nSPS) is 13.2. The van der Waals surface area contributed by atoms with E-state index in [0.717, 1.165) is 22.5 Å². The molecular formula is C12H18N4O. The number of aliphatic hydroxyl groups excluding tert-OH is 1. The second-order valence-corrected chi connectivity index (χ2v) is 4.61. The molecule has 0 aliphatic heterocycles. The lowest BCUT2D eigenvalue weighted by molar-refractivity contribution is 0.249. The van der Waals surface area contributed by atoms with Crippen LogP contribution in [0.4, 0.5) is 5.82 Å². The maximum absolute atomic E-state index is 9.32. The molecule has 0 aliphatic rings. The Labute approximate surface area is 100 Å². The van der Waals surface area contributed by atoms with E-state index in [1.54, 1.807) is 0 Å². The zero-order chi connectivity index (χ0) is 12.4. The minimum atomic E-state index is 0.00306. The minimum absolute atomic E-state index is 0.00306. The van der Waals surface area contributed by atoms with Gasteiger partial charge in [0.05, 0.1) is 18.0 Å². The third-order valence-corrected chi connectivity index (χ3v) is 2.88. The molecule has 1 atom stereocenters. The Balaban J connectivity index is 2.34. The second kappa shape index (κ2) is 4.71. The second-order valence-electron chi connectivity index (χ2n) is 4.61. The zero-order valence-corrected chi connectivity index (χ0v) is 10.4. The van der Waals surface area contributed by atoms with Crippen LogP contribution in [0.3, 0.4) is 0 Å². The van der Waals surface area contributed by atoms with E-state index in [1.165, 1.54) is 6.33 Å². The van der Waals surface area contributed by atoms with Crippen molar-refractivity contribution >= 4 is 16.9 Å². The standard InChI is InChI=1S/C12H18N4O/c1-7(2)10(5-17)16-12-9-4-8(3)15-11(9)13-6-14-12/h4,6-7,10,17H,5H2,1-3H3,(H2,13,14,15,16)/t10-/m0/s1. The number of fused-ring (bicyclic) bond motifs is 1. The predicted octanol–water partition coefficient (Wildman–Crippen LogP) is 1.70. The van der Waals surface area contributed by atoms with Gasteiger partial charge in [-0.3, -0.25) is 0 Å². The molecule has 0 aromatic carbocycles. The molecule has 0 spiro atoms. The van der Waals surface area contributed by atoms with E-state index in [2.05, 4.69) is 34.1 Å². The molecule has 0 bridgehead atoms. The van der Waals surface area contributed by atoms with Crippen molar-refractivity contribution in [1.29, 1.82) is 0 Å². The van der Waals surface area contributed by atoms with E-state index >= 15 is 0 Å². The van der Waals surface area contributed by atoms with Crippen LogP contribution in [0.1, 0.15) is 19.5 Å². The molecule has 0 aliphatic carbocycles. The molecule has 0 radical (unpaired) electrons. The third-order valence-electron chi connectivity index (χ3n) is 2.88. The Morgan fingerprint density at radius 2 is 2.18 bits per heavy atom. The van der Waals surface area contributed by atoms with Crippen molar-refractivity contribution in [2.75, 3.05) is 11.9 Å². The van der Waals surface area contributed by atoms with E-state index < -0.39 is 0 Å². The van der Waals surface area contributed by atoms with Crippen LogP contribution in [-0.2, 0) is 0 Å². The molecule has 0 unspecified atom stereocenters. The third kappa shape index (κ3) is 2.39. The largest absolute Gasteiger partial charge is 0.394 e. The number of aromatic nitrogens is 3. The number of anilines is 1. The average Bonchev–Trinajstić information content (AvgIpc) is 2.66. The molecule has 17 heavy (non-hydrogen) atoms. The minimum Gasteiger partial charge on any atom is -0.394 e. The first kappa shape index (κ1) is 11.9.